The molecule has 2 rings (SSSR count). The van der Waals surface area contributed by atoms with Gasteiger partial charge in [-0.1, -0.05) is 24.3 Å². The Bertz CT molecular complexity index is 763. The van der Waals surface area contributed by atoms with E-state index in [-0.39, 0.29) is 6.04 Å². The lowest BCUT2D eigenvalue weighted by molar-refractivity contribution is 0.0502. The first-order valence-corrected chi connectivity index (χ1v) is 9.29. The number of amides is 1. The van der Waals surface area contributed by atoms with Crippen LogP contribution in [0.2, 0.25) is 0 Å². The lowest BCUT2D eigenvalue weighted by atomic mass is 10.0. The van der Waals surface area contributed by atoms with E-state index in [2.05, 4.69) is 10.3 Å². The molecule has 2 aromatic rings. The van der Waals surface area contributed by atoms with Gasteiger partial charge in [-0.2, -0.15) is 0 Å². The quantitative estimate of drug-likeness (QED) is 0.773. The van der Waals surface area contributed by atoms with Crippen LogP contribution < -0.4 is 5.32 Å². The smallest absolute Gasteiger partial charge is 0.408 e. The van der Waals surface area contributed by atoms with Crippen molar-refractivity contribution in [3.05, 3.63) is 41.0 Å². The molecule has 0 unspecified atom stereocenters. The van der Waals surface area contributed by atoms with Gasteiger partial charge in [0.05, 0.1) is 23.0 Å². The maximum absolute atomic E-state index is 12.0. The molecule has 1 atom stereocenters. The molecular formula is C19H24N2O4S. The van der Waals surface area contributed by atoms with Crippen LogP contribution in [0, 0.1) is 0 Å². The number of thiazole rings is 1. The number of alkyl carbamates (subject to hydrolysis) is 1. The Balaban J connectivity index is 2.10. The number of hydrogen-bond donors (Lipinski definition) is 1. The number of aromatic nitrogens is 1. The number of ether oxygens (including phenoxy) is 2. The van der Waals surface area contributed by atoms with Gasteiger partial charge in [-0.15, -0.1) is 11.3 Å². The second-order valence-electron chi connectivity index (χ2n) is 6.74. The van der Waals surface area contributed by atoms with Gasteiger partial charge in [-0.3, -0.25) is 0 Å². The van der Waals surface area contributed by atoms with Crippen LogP contribution in [0.4, 0.5) is 4.79 Å². The molecule has 7 heteroatoms. The second-order valence-corrected chi connectivity index (χ2v) is 7.60. The van der Waals surface area contributed by atoms with E-state index in [0.717, 1.165) is 16.0 Å². The number of benzene rings is 1. The van der Waals surface area contributed by atoms with Gasteiger partial charge in [-0.05, 0) is 45.7 Å². The fraction of sp³-hybridized carbons (Fsp3) is 0.421. The molecule has 1 aromatic heterocycles. The Morgan fingerprint density at radius 1 is 1.23 bits per heavy atom. The summed E-state index contributed by atoms with van der Waals surface area (Å²) in [6.45, 7) is 9.42. The summed E-state index contributed by atoms with van der Waals surface area (Å²) < 4.78 is 10.3. The predicted octanol–water partition coefficient (Wildman–Crippen LogP) is 4.57. The Kier molecular flexibility index (Phi) is 6.37. The van der Waals surface area contributed by atoms with Crippen molar-refractivity contribution in [2.45, 2.75) is 46.3 Å². The van der Waals surface area contributed by atoms with Crippen LogP contribution in [-0.2, 0) is 9.47 Å². The molecule has 1 aromatic carbocycles. The lowest BCUT2D eigenvalue weighted by Gasteiger charge is -2.22. The molecule has 1 heterocycles. The number of esters is 1. The molecule has 0 aliphatic heterocycles. The maximum Gasteiger partial charge on any atom is 0.408 e. The van der Waals surface area contributed by atoms with E-state index in [0.29, 0.717) is 12.3 Å². The van der Waals surface area contributed by atoms with E-state index in [1.54, 1.807) is 12.4 Å². The minimum atomic E-state index is -0.538. The van der Waals surface area contributed by atoms with E-state index in [4.69, 9.17) is 9.47 Å². The molecule has 0 spiro atoms. The van der Waals surface area contributed by atoms with Crippen LogP contribution in [0.1, 0.15) is 56.7 Å². The number of rotatable bonds is 5. The van der Waals surface area contributed by atoms with Crippen molar-refractivity contribution in [3.63, 3.8) is 0 Å². The van der Waals surface area contributed by atoms with E-state index in [1.165, 1.54) is 11.3 Å². The summed E-state index contributed by atoms with van der Waals surface area (Å²) in [5.41, 5.74) is 3.22. The summed E-state index contributed by atoms with van der Waals surface area (Å²) in [4.78, 5) is 28.7. The third kappa shape index (κ3) is 5.29. The summed E-state index contributed by atoms with van der Waals surface area (Å²) >= 11 is 1.39. The number of hydrogen-bond acceptors (Lipinski definition) is 6. The van der Waals surface area contributed by atoms with Gasteiger partial charge in [0.1, 0.15) is 5.60 Å². The molecule has 0 radical (unpaired) electrons. The molecule has 6 nitrogen and oxygen atoms in total. The Morgan fingerprint density at radius 3 is 2.46 bits per heavy atom. The maximum atomic E-state index is 12.0. The first-order chi connectivity index (χ1) is 12.2. The second kappa shape index (κ2) is 8.31. The van der Waals surface area contributed by atoms with Gasteiger partial charge in [0, 0.05) is 0 Å². The molecule has 140 valence electrons. The number of nitrogens with zero attached hydrogens (tertiary/aromatic N) is 1. The average molecular weight is 376 g/mol. The van der Waals surface area contributed by atoms with Crippen molar-refractivity contribution < 1.29 is 19.1 Å². The van der Waals surface area contributed by atoms with Gasteiger partial charge in [0.2, 0.25) is 0 Å². The van der Waals surface area contributed by atoms with Crippen LogP contribution in [0.25, 0.3) is 10.4 Å². The summed E-state index contributed by atoms with van der Waals surface area (Å²) in [5.74, 6) is -0.423. The molecular weight excluding hydrogens is 352 g/mol. The summed E-state index contributed by atoms with van der Waals surface area (Å²) in [6.07, 6.45) is -0.457. The normalized spacial score (nSPS) is 12.3. The molecule has 1 N–H and O–H groups in total. The lowest BCUT2D eigenvalue weighted by Crippen LogP contribution is -2.34. The average Bonchev–Trinajstić information content (AvgIpc) is 3.03. The van der Waals surface area contributed by atoms with E-state index in [1.807, 2.05) is 52.0 Å². The molecule has 0 aliphatic carbocycles. The highest BCUT2D eigenvalue weighted by Crippen LogP contribution is 2.29. The fourth-order valence-electron chi connectivity index (χ4n) is 2.29. The standard InChI is InChI=1S/C19H24N2O4S/c1-6-24-17(22)15-16(26-11-20-15)14-9-7-13(8-10-14)12(2)21-18(23)25-19(3,4)5/h7-12H,6H2,1-5H3,(H,21,23)/t12-/m0/s1. The van der Waals surface area contributed by atoms with Crippen molar-refractivity contribution in [3.8, 4) is 10.4 Å². The zero-order valence-corrected chi connectivity index (χ0v) is 16.5. The van der Waals surface area contributed by atoms with Gasteiger partial charge in [-0.25, -0.2) is 14.6 Å². The molecule has 0 bridgehead atoms. The fourth-order valence-corrected chi connectivity index (χ4v) is 3.07. The van der Waals surface area contributed by atoms with Crippen molar-refractivity contribution in [1.82, 2.24) is 10.3 Å². The van der Waals surface area contributed by atoms with Crippen LogP contribution in [0.5, 0.6) is 0 Å². The number of carbonyl (C=O) groups is 2. The topological polar surface area (TPSA) is 77.5 Å². The van der Waals surface area contributed by atoms with Crippen molar-refractivity contribution in [2.24, 2.45) is 0 Å². The van der Waals surface area contributed by atoms with Crippen LogP contribution in [-0.4, -0.2) is 29.3 Å². The minimum Gasteiger partial charge on any atom is -0.461 e. The summed E-state index contributed by atoms with van der Waals surface area (Å²) in [5, 5.41) is 2.81. The van der Waals surface area contributed by atoms with E-state index >= 15 is 0 Å². The van der Waals surface area contributed by atoms with Crippen LogP contribution in [0.3, 0.4) is 0 Å². The SMILES string of the molecule is CCOC(=O)c1ncsc1-c1ccc([C@H](C)NC(=O)OC(C)(C)C)cc1. The molecule has 1 amide bonds. The van der Waals surface area contributed by atoms with E-state index in [9.17, 15) is 9.59 Å². The third-order valence-corrected chi connectivity index (χ3v) is 4.32. The minimum absolute atomic E-state index is 0.204. The summed E-state index contributed by atoms with van der Waals surface area (Å²) in [6, 6.07) is 7.42. The molecule has 0 saturated heterocycles. The van der Waals surface area contributed by atoms with E-state index < -0.39 is 17.7 Å². The van der Waals surface area contributed by atoms with Crippen molar-refractivity contribution in [1.29, 1.82) is 0 Å². The van der Waals surface area contributed by atoms with Gasteiger partial charge in [0.25, 0.3) is 0 Å². The predicted molar refractivity (Wildman–Crippen MR) is 101 cm³/mol. The molecule has 0 saturated carbocycles. The van der Waals surface area contributed by atoms with Gasteiger partial charge < -0.3 is 14.8 Å². The Morgan fingerprint density at radius 2 is 1.88 bits per heavy atom. The highest BCUT2D eigenvalue weighted by atomic mass is 32.1. The van der Waals surface area contributed by atoms with Crippen molar-refractivity contribution in [2.75, 3.05) is 6.61 Å². The zero-order chi connectivity index (χ0) is 19.3. The highest BCUT2D eigenvalue weighted by molar-refractivity contribution is 7.13. The third-order valence-electron chi connectivity index (χ3n) is 3.44. The van der Waals surface area contributed by atoms with Crippen LogP contribution >= 0.6 is 11.3 Å². The van der Waals surface area contributed by atoms with Gasteiger partial charge >= 0.3 is 12.1 Å². The Labute approximate surface area is 157 Å². The monoisotopic (exact) mass is 376 g/mol. The number of carbonyl (C=O) groups excluding carboxylic acids is 2. The molecule has 26 heavy (non-hydrogen) atoms. The first-order valence-electron chi connectivity index (χ1n) is 8.41. The van der Waals surface area contributed by atoms with Gasteiger partial charge in [0.15, 0.2) is 5.69 Å². The summed E-state index contributed by atoms with van der Waals surface area (Å²) in [7, 11) is 0. The molecule has 0 fully saturated rings. The van der Waals surface area contributed by atoms with Crippen molar-refractivity contribution >= 4 is 23.4 Å². The first kappa shape index (κ1) is 19.9. The zero-order valence-electron chi connectivity index (χ0n) is 15.7. The largest absolute Gasteiger partial charge is 0.461 e. The molecule has 0 aliphatic rings. The Hall–Kier alpha value is -2.41. The highest BCUT2D eigenvalue weighted by Gasteiger charge is 2.20. The van der Waals surface area contributed by atoms with Crippen LogP contribution in [0.15, 0.2) is 29.8 Å². The number of nitrogens with one attached hydrogen (secondary N) is 1.